The van der Waals surface area contributed by atoms with E-state index in [1.807, 2.05) is 0 Å². The number of rotatable bonds is 3. The minimum atomic E-state index is 0.0454. The third kappa shape index (κ3) is 2.46. The van der Waals surface area contributed by atoms with Gasteiger partial charge in [-0.05, 0) is 42.7 Å². The molecule has 0 spiro atoms. The van der Waals surface area contributed by atoms with Gasteiger partial charge < -0.3 is 5.73 Å². The number of hydrogen-bond acceptors (Lipinski definition) is 1. The van der Waals surface area contributed by atoms with Crippen LogP contribution in [0.5, 0.6) is 0 Å². The lowest BCUT2D eigenvalue weighted by atomic mass is 9.74. The zero-order valence-electron chi connectivity index (χ0n) is 10.5. The second-order valence-electron chi connectivity index (χ2n) is 5.53. The van der Waals surface area contributed by atoms with Gasteiger partial charge in [0.25, 0.3) is 0 Å². The normalized spacial score (nSPS) is 26.2. The molecule has 1 heteroatoms. The highest BCUT2D eigenvalue weighted by Crippen LogP contribution is 2.31. The van der Waals surface area contributed by atoms with E-state index in [-0.39, 0.29) is 5.54 Å². The van der Waals surface area contributed by atoms with Gasteiger partial charge in [-0.25, -0.2) is 0 Å². The number of aryl methyl sites for hydroxylation is 1. The number of nitrogens with two attached hydrogens (primary N) is 1. The first-order chi connectivity index (χ1) is 7.63. The van der Waals surface area contributed by atoms with Crippen LogP contribution < -0.4 is 5.73 Å². The molecule has 0 radical (unpaired) electrons. The van der Waals surface area contributed by atoms with Gasteiger partial charge in [-0.1, -0.05) is 44.5 Å². The zero-order chi connectivity index (χ0) is 11.6. The lowest BCUT2D eigenvalue weighted by Crippen LogP contribution is -2.46. The van der Waals surface area contributed by atoms with Crippen molar-refractivity contribution in [2.24, 2.45) is 11.7 Å². The van der Waals surface area contributed by atoms with Gasteiger partial charge in [0.1, 0.15) is 0 Å². The summed E-state index contributed by atoms with van der Waals surface area (Å²) in [5, 5.41) is 0. The van der Waals surface area contributed by atoms with Gasteiger partial charge in [-0.2, -0.15) is 0 Å². The Hall–Kier alpha value is -0.820. The molecule has 0 fully saturated rings. The minimum absolute atomic E-state index is 0.0454. The van der Waals surface area contributed by atoms with E-state index in [1.165, 1.54) is 17.5 Å². The van der Waals surface area contributed by atoms with E-state index < -0.39 is 0 Å². The molecule has 0 saturated carbocycles. The molecule has 2 atom stereocenters. The maximum atomic E-state index is 6.55. The van der Waals surface area contributed by atoms with Gasteiger partial charge in [0.05, 0.1) is 0 Å². The first kappa shape index (κ1) is 11.7. The van der Waals surface area contributed by atoms with Gasteiger partial charge >= 0.3 is 0 Å². The topological polar surface area (TPSA) is 26.0 Å². The Balaban J connectivity index is 2.11. The maximum absolute atomic E-state index is 6.55. The van der Waals surface area contributed by atoms with E-state index in [1.54, 1.807) is 0 Å². The summed E-state index contributed by atoms with van der Waals surface area (Å²) in [6.45, 7) is 4.57. The summed E-state index contributed by atoms with van der Waals surface area (Å²) in [7, 11) is 0. The molecule has 0 amide bonds. The Morgan fingerprint density at radius 3 is 2.69 bits per heavy atom. The van der Waals surface area contributed by atoms with E-state index in [4.69, 9.17) is 5.73 Å². The molecule has 1 aromatic rings. The van der Waals surface area contributed by atoms with Gasteiger partial charge in [-0.15, -0.1) is 0 Å². The quantitative estimate of drug-likeness (QED) is 0.826. The molecule has 0 aliphatic heterocycles. The van der Waals surface area contributed by atoms with Gasteiger partial charge in [0.2, 0.25) is 0 Å². The second kappa shape index (κ2) is 4.58. The molecule has 0 saturated heterocycles. The number of fused-ring (bicyclic) bond motifs is 1. The zero-order valence-corrected chi connectivity index (χ0v) is 10.5. The van der Waals surface area contributed by atoms with Crippen molar-refractivity contribution in [1.29, 1.82) is 0 Å². The molecular formula is C15H23N. The van der Waals surface area contributed by atoms with E-state index in [9.17, 15) is 0 Å². The highest BCUT2D eigenvalue weighted by atomic mass is 14.7. The summed E-state index contributed by atoms with van der Waals surface area (Å²) in [5.74, 6) is 0.746. The van der Waals surface area contributed by atoms with Crippen LogP contribution in [0.2, 0.25) is 0 Å². The Kier molecular flexibility index (Phi) is 3.34. The monoisotopic (exact) mass is 217 g/mol. The minimum Gasteiger partial charge on any atom is -0.325 e. The van der Waals surface area contributed by atoms with Crippen LogP contribution >= 0.6 is 0 Å². The lowest BCUT2D eigenvalue weighted by molar-refractivity contribution is 0.290. The van der Waals surface area contributed by atoms with Crippen molar-refractivity contribution in [2.45, 2.75) is 51.5 Å². The first-order valence-corrected chi connectivity index (χ1v) is 6.48. The maximum Gasteiger partial charge on any atom is 0.0200 e. The second-order valence-corrected chi connectivity index (χ2v) is 5.53. The lowest BCUT2D eigenvalue weighted by Gasteiger charge is -2.36. The molecule has 1 aliphatic rings. The molecule has 2 N–H and O–H groups in total. The Morgan fingerprint density at radius 2 is 2.00 bits per heavy atom. The molecule has 1 nitrogen and oxygen atoms in total. The Labute approximate surface area is 99.0 Å². The summed E-state index contributed by atoms with van der Waals surface area (Å²) in [5.41, 5.74) is 9.57. The Bertz CT molecular complexity index is 358. The average Bonchev–Trinajstić information content (AvgIpc) is 2.28. The molecule has 2 rings (SSSR count). The molecular weight excluding hydrogens is 194 g/mol. The molecule has 1 aromatic carbocycles. The predicted molar refractivity (Wildman–Crippen MR) is 69.5 cm³/mol. The van der Waals surface area contributed by atoms with E-state index in [0.717, 1.165) is 31.6 Å². The van der Waals surface area contributed by atoms with Crippen molar-refractivity contribution < 1.29 is 0 Å². The van der Waals surface area contributed by atoms with E-state index in [2.05, 4.69) is 38.1 Å². The largest absolute Gasteiger partial charge is 0.325 e. The van der Waals surface area contributed by atoms with Crippen molar-refractivity contribution in [2.75, 3.05) is 0 Å². The fourth-order valence-corrected chi connectivity index (χ4v) is 2.84. The van der Waals surface area contributed by atoms with Gasteiger partial charge in [0.15, 0.2) is 0 Å². The fourth-order valence-electron chi connectivity index (χ4n) is 2.84. The molecule has 0 bridgehead atoms. The summed E-state index contributed by atoms with van der Waals surface area (Å²) >= 11 is 0. The number of benzene rings is 1. The van der Waals surface area contributed by atoms with Crippen molar-refractivity contribution in [3.05, 3.63) is 35.4 Å². The van der Waals surface area contributed by atoms with Crippen molar-refractivity contribution >= 4 is 0 Å². The summed E-state index contributed by atoms with van der Waals surface area (Å²) in [6, 6.07) is 8.76. The summed E-state index contributed by atoms with van der Waals surface area (Å²) in [6.07, 6.45) is 5.77. The highest BCUT2D eigenvalue weighted by molar-refractivity contribution is 5.32. The highest BCUT2D eigenvalue weighted by Gasteiger charge is 2.31. The average molecular weight is 217 g/mol. The van der Waals surface area contributed by atoms with Crippen LogP contribution in [-0.2, 0) is 12.8 Å². The first-order valence-electron chi connectivity index (χ1n) is 6.48. The van der Waals surface area contributed by atoms with Crippen molar-refractivity contribution in [3.8, 4) is 0 Å². The molecule has 0 heterocycles. The molecule has 88 valence electrons. The van der Waals surface area contributed by atoms with Crippen LogP contribution in [0.3, 0.4) is 0 Å². The van der Waals surface area contributed by atoms with Gasteiger partial charge in [-0.3, -0.25) is 0 Å². The molecule has 1 aliphatic carbocycles. The third-order valence-electron chi connectivity index (χ3n) is 4.01. The molecule has 2 unspecified atom stereocenters. The van der Waals surface area contributed by atoms with Crippen LogP contribution in [0.4, 0.5) is 0 Å². The predicted octanol–water partition coefficient (Wildman–Crippen LogP) is 3.31. The fraction of sp³-hybridized carbons (Fsp3) is 0.600. The molecule has 16 heavy (non-hydrogen) atoms. The van der Waals surface area contributed by atoms with E-state index >= 15 is 0 Å². The molecule has 0 aromatic heterocycles. The summed E-state index contributed by atoms with van der Waals surface area (Å²) in [4.78, 5) is 0. The van der Waals surface area contributed by atoms with Crippen molar-refractivity contribution in [1.82, 2.24) is 0 Å². The van der Waals surface area contributed by atoms with Crippen molar-refractivity contribution in [3.63, 3.8) is 0 Å². The third-order valence-corrected chi connectivity index (χ3v) is 4.01. The number of hydrogen-bond donors (Lipinski definition) is 1. The van der Waals surface area contributed by atoms with Crippen LogP contribution in [-0.4, -0.2) is 5.54 Å². The van der Waals surface area contributed by atoms with Crippen LogP contribution in [0.1, 0.15) is 44.2 Å². The van der Waals surface area contributed by atoms with Crippen LogP contribution in [0.15, 0.2) is 24.3 Å². The van der Waals surface area contributed by atoms with E-state index in [0.29, 0.717) is 0 Å². The standard InChI is InChI=1S/C15H23N/c1-3-12(2)10-15(16)9-8-13-6-4-5-7-14(13)11-15/h4-7,12H,3,8-11,16H2,1-2H3. The summed E-state index contributed by atoms with van der Waals surface area (Å²) < 4.78 is 0. The van der Waals surface area contributed by atoms with Crippen LogP contribution in [0, 0.1) is 5.92 Å². The smallest absolute Gasteiger partial charge is 0.0200 e. The Morgan fingerprint density at radius 1 is 1.31 bits per heavy atom. The van der Waals surface area contributed by atoms with Gasteiger partial charge in [0, 0.05) is 5.54 Å². The SMILES string of the molecule is CCC(C)CC1(N)CCc2ccccc2C1. The van der Waals surface area contributed by atoms with Crippen LogP contribution in [0.25, 0.3) is 0 Å².